The van der Waals surface area contributed by atoms with Crippen LogP contribution in [0.5, 0.6) is 0 Å². The number of esters is 1. The Labute approximate surface area is 251 Å². The zero-order chi connectivity index (χ0) is 30.1. The van der Waals surface area contributed by atoms with E-state index in [4.69, 9.17) is 8.85 Å². The molecule has 0 unspecified atom stereocenters. The van der Waals surface area contributed by atoms with Gasteiger partial charge < -0.3 is 8.85 Å². The van der Waals surface area contributed by atoms with Gasteiger partial charge in [-0.3, -0.25) is 4.79 Å². The summed E-state index contributed by atoms with van der Waals surface area (Å²) in [6, 6.07) is 32.7. The summed E-state index contributed by atoms with van der Waals surface area (Å²) >= 11 is 0. The topological polar surface area (TPSA) is 35.5 Å². The molecular weight excluding hydrogens is 537 g/mol. The molecule has 0 N–H and O–H groups in total. The average Bonchev–Trinajstić information content (AvgIpc) is 3.29. The Kier molecular flexibility index (Phi) is 8.95. The molecule has 0 aromatic heterocycles. The first-order valence-corrected chi connectivity index (χ1v) is 20.1. The van der Waals surface area contributed by atoms with E-state index in [1.807, 2.05) is 20.8 Å². The zero-order valence-corrected chi connectivity index (χ0v) is 28.7. The van der Waals surface area contributed by atoms with Crippen LogP contribution in [0.3, 0.4) is 0 Å². The highest BCUT2D eigenvalue weighted by atomic mass is 28.4. The van der Waals surface area contributed by atoms with E-state index >= 15 is 0 Å². The first-order chi connectivity index (χ1) is 19.1. The summed E-state index contributed by atoms with van der Waals surface area (Å²) < 4.78 is 14.0. The van der Waals surface area contributed by atoms with Crippen molar-refractivity contribution in [1.82, 2.24) is 0 Å². The van der Waals surface area contributed by atoms with Gasteiger partial charge in [0.15, 0.2) is 8.32 Å². The van der Waals surface area contributed by atoms with Crippen LogP contribution in [0.15, 0.2) is 91.0 Å². The van der Waals surface area contributed by atoms with E-state index in [2.05, 4.69) is 132 Å². The fourth-order valence-electron chi connectivity index (χ4n) is 7.16. The third-order valence-electron chi connectivity index (χ3n) is 9.21. The van der Waals surface area contributed by atoms with Gasteiger partial charge in [-0.25, -0.2) is 0 Å². The zero-order valence-electron chi connectivity index (χ0n) is 26.7. The van der Waals surface area contributed by atoms with Crippen LogP contribution >= 0.6 is 0 Å². The standard InChI is InChI=1S/C36H50O3Si2/c1-28-25-36(29-19-13-10-14-20-29,27-38-33(37)34(2,3)4)26-32(28)40(8,9)39-41(35(5,6)7,30-21-15-11-16-22-30)31-23-17-12-18-24-31/h10-24,28,32H,25-27H2,1-9H3/t28-,32-,36+/m0/s1. The van der Waals surface area contributed by atoms with Gasteiger partial charge in [-0.15, -0.1) is 0 Å². The highest BCUT2D eigenvalue weighted by Gasteiger charge is 2.58. The lowest BCUT2D eigenvalue weighted by molar-refractivity contribution is -0.155. The molecular formula is C36H50O3Si2. The van der Waals surface area contributed by atoms with Crippen molar-refractivity contribution in [3.63, 3.8) is 0 Å². The lowest BCUT2D eigenvalue weighted by Crippen LogP contribution is -2.70. The van der Waals surface area contributed by atoms with E-state index in [0.717, 1.165) is 12.8 Å². The summed E-state index contributed by atoms with van der Waals surface area (Å²) in [6.45, 7) is 20.6. The number of hydrogen-bond donors (Lipinski definition) is 0. The van der Waals surface area contributed by atoms with Crippen molar-refractivity contribution < 1.29 is 13.6 Å². The number of carbonyl (C=O) groups excluding carboxylic acids is 1. The Balaban J connectivity index is 1.77. The van der Waals surface area contributed by atoms with Crippen LogP contribution in [-0.2, 0) is 19.1 Å². The summed E-state index contributed by atoms with van der Waals surface area (Å²) in [5, 5.41) is 2.59. The lowest BCUT2D eigenvalue weighted by atomic mass is 9.79. The Hall–Kier alpha value is -2.48. The number of carbonyl (C=O) groups is 1. The molecule has 1 aliphatic rings. The van der Waals surface area contributed by atoms with Gasteiger partial charge in [-0.1, -0.05) is 119 Å². The van der Waals surface area contributed by atoms with E-state index in [-0.39, 0.29) is 16.4 Å². The van der Waals surface area contributed by atoms with Crippen LogP contribution in [0.25, 0.3) is 0 Å². The SMILES string of the molecule is C[C@H]1C[C@@](COC(=O)C(C)(C)C)(c2ccccc2)C[C@@H]1[Si](C)(C)O[Si](c1ccccc1)(c1ccccc1)C(C)(C)C. The van der Waals surface area contributed by atoms with Crippen LogP contribution in [0.4, 0.5) is 0 Å². The summed E-state index contributed by atoms with van der Waals surface area (Å²) in [6.07, 6.45) is 1.95. The van der Waals surface area contributed by atoms with Gasteiger partial charge in [0.05, 0.1) is 5.41 Å². The Morgan fingerprint density at radius 3 is 1.68 bits per heavy atom. The molecule has 220 valence electrons. The molecule has 0 spiro atoms. The Morgan fingerprint density at radius 2 is 1.24 bits per heavy atom. The van der Waals surface area contributed by atoms with Gasteiger partial charge in [0, 0.05) is 5.41 Å². The van der Waals surface area contributed by atoms with Crippen LogP contribution in [0.2, 0.25) is 23.7 Å². The second-order valence-electron chi connectivity index (χ2n) is 14.8. The molecule has 3 nitrogen and oxygen atoms in total. The molecule has 1 aliphatic carbocycles. The fraction of sp³-hybridized carbons (Fsp3) is 0.472. The molecule has 5 heteroatoms. The van der Waals surface area contributed by atoms with Crippen molar-refractivity contribution in [2.45, 2.75) is 90.4 Å². The van der Waals surface area contributed by atoms with Crippen molar-refractivity contribution in [3.8, 4) is 0 Å². The quantitative estimate of drug-likeness (QED) is 0.198. The largest absolute Gasteiger partial charge is 0.464 e. The molecule has 1 saturated carbocycles. The van der Waals surface area contributed by atoms with Crippen LogP contribution in [-0.4, -0.2) is 29.2 Å². The Bertz CT molecular complexity index is 1250. The van der Waals surface area contributed by atoms with Gasteiger partial charge in [-0.05, 0) is 79.1 Å². The molecule has 3 aromatic rings. The molecule has 1 fully saturated rings. The molecule has 0 radical (unpaired) electrons. The minimum atomic E-state index is -2.69. The van der Waals surface area contributed by atoms with Crippen LogP contribution in [0.1, 0.15) is 66.9 Å². The van der Waals surface area contributed by atoms with E-state index in [9.17, 15) is 4.79 Å². The third kappa shape index (κ3) is 6.33. The predicted octanol–water partition coefficient (Wildman–Crippen LogP) is 8.10. The maximum atomic E-state index is 12.9. The van der Waals surface area contributed by atoms with E-state index in [1.165, 1.54) is 15.9 Å². The normalized spacial score (nSPS) is 22.0. The van der Waals surface area contributed by atoms with Gasteiger partial charge in [0.2, 0.25) is 0 Å². The maximum Gasteiger partial charge on any atom is 0.311 e. The first-order valence-electron chi connectivity index (χ1n) is 15.2. The highest BCUT2D eigenvalue weighted by Crippen LogP contribution is 2.55. The Morgan fingerprint density at radius 1 is 0.780 bits per heavy atom. The molecule has 0 heterocycles. The molecule has 3 atom stereocenters. The minimum absolute atomic E-state index is 0.0689. The van der Waals surface area contributed by atoms with Gasteiger partial charge >= 0.3 is 5.97 Å². The first kappa shape index (κ1) is 31.5. The third-order valence-corrected chi connectivity index (χ3v) is 19.5. The number of benzene rings is 3. The second-order valence-corrected chi connectivity index (χ2v) is 23.6. The fourth-order valence-corrected chi connectivity index (χ4v) is 18.9. The summed E-state index contributed by atoms with van der Waals surface area (Å²) in [7, 11) is -5.03. The smallest absolute Gasteiger partial charge is 0.311 e. The summed E-state index contributed by atoms with van der Waals surface area (Å²) in [4.78, 5) is 12.9. The van der Waals surface area contributed by atoms with Crippen molar-refractivity contribution in [2.75, 3.05) is 6.61 Å². The molecule has 0 saturated heterocycles. The number of hydrogen-bond acceptors (Lipinski definition) is 3. The maximum absolute atomic E-state index is 12.9. The molecule has 0 bridgehead atoms. The molecule has 0 aliphatic heterocycles. The van der Waals surface area contributed by atoms with Crippen molar-refractivity contribution in [1.29, 1.82) is 0 Å². The summed E-state index contributed by atoms with van der Waals surface area (Å²) in [5.74, 6) is 0.312. The van der Waals surface area contributed by atoms with E-state index in [0.29, 0.717) is 18.1 Å². The van der Waals surface area contributed by atoms with Crippen LogP contribution < -0.4 is 10.4 Å². The van der Waals surface area contributed by atoms with Gasteiger partial charge in [0.25, 0.3) is 8.32 Å². The van der Waals surface area contributed by atoms with Crippen molar-refractivity contribution >= 4 is 33.0 Å². The molecule has 4 rings (SSSR count). The molecule has 41 heavy (non-hydrogen) atoms. The summed E-state index contributed by atoms with van der Waals surface area (Å²) in [5.41, 5.74) is 0.941. The van der Waals surface area contributed by atoms with E-state index in [1.54, 1.807) is 0 Å². The lowest BCUT2D eigenvalue weighted by Gasteiger charge is -2.49. The number of rotatable bonds is 8. The van der Waals surface area contributed by atoms with Crippen molar-refractivity contribution in [3.05, 3.63) is 96.6 Å². The van der Waals surface area contributed by atoms with Gasteiger partial charge in [0.1, 0.15) is 6.61 Å². The average molecular weight is 587 g/mol. The van der Waals surface area contributed by atoms with E-state index < -0.39 is 22.0 Å². The van der Waals surface area contributed by atoms with Gasteiger partial charge in [-0.2, -0.15) is 0 Å². The number of ether oxygens (including phenoxy) is 1. The highest BCUT2D eigenvalue weighted by molar-refractivity contribution is 7.04. The van der Waals surface area contributed by atoms with Crippen molar-refractivity contribution in [2.24, 2.45) is 11.3 Å². The second kappa shape index (κ2) is 11.7. The predicted molar refractivity (Wildman–Crippen MR) is 177 cm³/mol. The molecule has 0 amide bonds. The monoisotopic (exact) mass is 586 g/mol. The molecule has 3 aromatic carbocycles. The minimum Gasteiger partial charge on any atom is -0.464 e. The van der Waals surface area contributed by atoms with Crippen LogP contribution in [0, 0.1) is 11.3 Å².